The maximum Gasteiger partial charge on any atom is 0.167 e. The molecule has 0 amide bonds. The van der Waals surface area contributed by atoms with Gasteiger partial charge in [-0.3, -0.25) is 4.57 Å². The predicted octanol–water partition coefficient (Wildman–Crippen LogP) is 2.35. The van der Waals surface area contributed by atoms with Gasteiger partial charge in [-0.2, -0.15) is 0 Å². The molecule has 7 heteroatoms. The van der Waals surface area contributed by atoms with Gasteiger partial charge >= 0.3 is 0 Å². The summed E-state index contributed by atoms with van der Waals surface area (Å²) >= 11 is 6.13. The van der Waals surface area contributed by atoms with E-state index >= 15 is 0 Å². The lowest BCUT2D eigenvalue weighted by atomic mass is 9.88. The van der Waals surface area contributed by atoms with Crippen molar-refractivity contribution < 1.29 is 4.74 Å². The zero-order chi connectivity index (χ0) is 14.3. The highest BCUT2D eigenvalue weighted by Gasteiger charge is 2.45. The predicted molar refractivity (Wildman–Crippen MR) is 77.4 cm³/mol. The topological polar surface area (TPSA) is 78.9 Å². The summed E-state index contributed by atoms with van der Waals surface area (Å²) in [6, 6.07) is 0. The number of nitrogens with two attached hydrogens (primary N) is 1. The Balaban J connectivity index is 1.99. The Morgan fingerprint density at radius 2 is 2.30 bits per heavy atom. The van der Waals surface area contributed by atoms with Crippen LogP contribution in [0.5, 0.6) is 0 Å². The molecule has 1 fully saturated rings. The molecule has 3 rings (SSSR count). The van der Waals surface area contributed by atoms with E-state index in [9.17, 15) is 0 Å². The van der Waals surface area contributed by atoms with Crippen molar-refractivity contribution in [1.29, 1.82) is 0 Å². The summed E-state index contributed by atoms with van der Waals surface area (Å²) in [4.78, 5) is 12.5. The number of nitrogens with zero attached hydrogens (tertiary/aromatic N) is 4. The van der Waals surface area contributed by atoms with Gasteiger partial charge in [-0.05, 0) is 18.8 Å². The second kappa shape index (κ2) is 4.86. The molecule has 3 atom stereocenters. The fourth-order valence-corrected chi connectivity index (χ4v) is 3.41. The summed E-state index contributed by atoms with van der Waals surface area (Å²) < 4.78 is 8.17. The first kappa shape index (κ1) is 13.6. The van der Waals surface area contributed by atoms with Gasteiger partial charge in [0.2, 0.25) is 0 Å². The fourth-order valence-electron chi connectivity index (χ4n) is 2.89. The van der Waals surface area contributed by atoms with Crippen LogP contribution in [0.25, 0.3) is 11.2 Å². The number of fused-ring (bicyclic) bond motifs is 1. The molecule has 0 aliphatic carbocycles. The van der Waals surface area contributed by atoms with Crippen molar-refractivity contribution >= 4 is 28.6 Å². The van der Waals surface area contributed by atoms with Crippen LogP contribution in [0.4, 0.5) is 5.82 Å². The van der Waals surface area contributed by atoms with Crippen LogP contribution in [-0.4, -0.2) is 31.0 Å². The van der Waals surface area contributed by atoms with Crippen LogP contribution in [0.3, 0.4) is 0 Å². The smallest absolute Gasteiger partial charge is 0.167 e. The van der Waals surface area contributed by atoms with Gasteiger partial charge in [0.1, 0.15) is 18.1 Å². The molecule has 0 unspecified atom stereocenters. The van der Waals surface area contributed by atoms with Crippen molar-refractivity contribution in [2.24, 2.45) is 5.92 Å². The average molecular weight is 296 g/mol. The van der Waals surface area contributed by atoms with E-state index in [0.29, 0.717) is 28.8 Å². The molecule has 1 aliphatic heterocycles. The Kier molecular flexibility index (Phi) is 3.30. The van der Waals surface area contributed by atoms with Gasteiger partial charge in [0.25, 0.3) is 0 Å². The summed E-state index contributed by atoms with van der Waals surface area (Å²) in [5, 5.41) is 0. The maximum atomic E-state index is 6.24. The molecule has 1 saturated heterocycles. The van der Waals surface area contributed by atoms with Crippen molar-refractivity contribution in [2.45, 2.75) is 38.5 Å². The van der Waals surface area contributed by atoms with Crippen LogP contribution in [0.2, 0.25) is 0 Å². The lowest BCUT2D eigenvalue weighted by Crippen LogP contribution is -2.35. The molecule has 2 aromatic heterocycles. The summed E-state index contributed by atoms with van der Waals surface area (Å²) in [5.74, 6) is 1.26. The first-order valence-corrected chi connectivity index (χ1v) is 7.31. The molecule has 2 aromatic rings. The molecule has 0 bridgehead atoms. The monoisotopic (exact) mass is 295 g/mol. The minimum atomic E-state index is -0.276. The van der Waals surface area contributed by atoms with Crippen LogP contribution in [0, 0.1) is 5.92 Å². The molecule has 1 aliphatic rings. The van der Waals surface area contributed by atoms with Crippen molar-refractivity contribution in [3.8, 4) is 0 Å². The third-order valence-corrected chi connectivity index (χ3v) is 4.80. The minimum Gasteiger partial charge on any atom is -0.382 e. The number of nitrogen functional groups attached to an aromatic ring is 1. The zero-order valence-corrected chi connectivity index (χ0v) is 12.3. The highest BCUT2D eigenvalue weighted by atomic mass is 35.5. The number of aromatic nitrogens is 4. The van der Waals surface area contributed by atoms with Gasteiger partial charge < -0.3 is 10.5 Å². The van der Waals surface area contributed by atoms with Crippen molar-refractivity contribution in [2.75, 3.05) is 11.6 Å². The summed E-state index contributed by atoms with van der Waals surface area (Å²) in [6.45, 7) is 4.28. The number of imidazole rings is 1. The largest absolute Gasteiger partial charge is 0.382 e. The number of rotatable bonds is 3. The Bertz CT molecular complexity index is 624. The molecule has 2 N–H and O–H groups in total. The number of hydrogen-bond donors (Lipinski definition) is 1. The number of ether oxygens (including phenoxy) is 1. The van der Waals surface area contributed by atoms with E-state index in [-0.39, 0.29) is 11.8 Å². The second-order valence-electron chi connectivity index (χ2n) is 5.34. The van der Waals surface area contributed by atoms with E-state index in [4.69, 9.17) is 22.1 Å². The van der Waals surface area contributed by atoms with Crippen molar-refractivity contribution in [3.05, 3.63) is 12.7 Å². The van der Waals surface area contributed by atoms with Crippen molar-refractivity contribution in [1.82, 2.24) is 19.5 Å². The third-order valence-electron chi connectivity index (χ3n) is 4.35. The normalized spacial score (nSPS) is 30.1. The number of anilines is 1. The average Bonchev–Trinajstić information content (AvgIpc) is 3.01. The summed E-state index contributed by atoms with van der Waals surface area (Å²) in [7, 11) is 0. The van der Waals surface area contributed by atoms with Crippen LogP contribution in [-0.2, 0) is 4.74 Å². The van der Waals surface area contributed by atoms with Gasteiger partial charge in [0.15, 0.2) is 11.5 Å². The quantitative estimate of drug-likeness (QED) is 0.879. The molecule has 0 saturated carbocycles. The lowest BCUT2D eigenvalue weighted by Gasteiger charge is -2.29. The van der Waals surface area contributed by atoms with E-state index < -0.39 is 0 Å². The van der Waals surface area contributed by atoms with E-state index in [2.05, 4.69) is 28.8 Å². The minimum absolute atomic E-state index is 0.108. The second-order valence-corrected chi connectivity index (χ2v) is 5.61. The van der Waals surface area contributed by atoms with E-state index in [1.807, 2.05) is 4.57 Å². The molecule has 0 aromatic carbocycles. The Labute approximate surface area is 122 Å². The van der Waals surface area contributed by atoms with Crippen LogP contribution in [0.15, 0.2) is 12.7 Å². The summed E-state index contributed by atoms with van der Waals surface area (Å²) in [5.41, 5.74) is 6.86. The van der Waals surface area contributed by atoms with Crippen LogP contribution >= 0.6 is 11.6 Å². The third kappa shape index (κ3) is 1.86. The highest BCUT2D eigenvalue weighted by Crippen LogP contribution is 2.44. The molecule has 0 radical (unpaired) electrons. The van der Waals surface area contributed by atoms with E-state index in [1.165, 1.54) is 6.33 Å². The Morgan fingerprint density at radius 3 is 2.95 bits per heavy atom. The molecule has 0 spiro atoms. The standard InChI is InChI=1S/C13H18ClN5O/c1-3-13(5-14)8(2)4-9(20-13)19-7-18-10-11(15)16-6-17-12(10)19/h6-9H,3-5H2,1-2H3,(H2,15,16,17)/t8-,9+,13-/m0/s1. The first-order chi connectivity index (χ1) is 9.61. The molecular formula is C13H18ClN5O. The van der Waals surface area contributed by atoms with Gasteiger partial charge in [0, 0.05) is 0 Å². The lowest BCUT2D eigenvalue weighted by molar-refractivity contribution is -0.0696. The number of halogens is 1. The maximum absolute atomic E-state index is 6.24. The van der Waals surface area contributed by atoms with Crippen LogP contribution in [0.1, 0.15) is 32.9 Å². The SMILES string of the molecule is CC[C@@]1(CCl)O[C@@H](n2cnc3c(N)ncnc32)C[C@@H]1C. The fraction of sp³-hybridized carbons (Fsp3) is 0.615. The Hall–Kier alpha value is -1.40. The van der Waals surface area contributed by atoms with Gasteiger partial charge in [0.05, 0.1) is 17.8 Å². The van der Waals surface area contributed by atoms with Crippen molar-refractivity contribution in [3.63, 3.8) is 0 Å². The number of alkyl halides is 1. The van der Waals surface area contributed by atoms with Gasteiger partial charge in [-0.25, -0.2) is 15.0 Å². The Morgan fingerprint density at radius 1 is 1.50 bits per heavy atom. The molecule has 108 valence electrons. The van der Waals surface area contributed by atoms with Crippen LogP contribution < -0.4 is 5.73 Å². The molecule has 3 heterocycles. The molecule has 6 nitrogen and oxygen atoms in total. The van der Waals surface area contributed by atoms with Gasteiger partial charge in [-0.15, -0.1) is 11.6 Å². The highest BCUT2D eigenvalue weighted by molar-refractivity contribution is 6.18. The van der Waals surface area contributed by atoms with E-state index in [0.717, 1.165) is 12.8 Å². The number of hydrogen-bond acceptors (Lipinski definition) is 5. The van der Waals surface area contributed by atoms with Gasteiger partial charge in [-0.1, -0.05) is 13.8 Å². The summed E-state index contributed by atoms with van der Waals surface area (Å²) in [6.07, 6.45) is 4.83. The zero-order valence-electron chi connectivity index (χ0n) is 11.6. The molecule has 20 heavy (non-hydrogen) atoms. The van der Waals surface area contributed by atoms with E-state index in [1.54, 1.807) is 6.33 Å². The first-order valence-electron chi connectivity index (χ1n) is 6.78. The molecular weight excluding hydrogens is 278 g/mol.